The molecule has 2 heterocycles. The number of carbonyl (C=O) groups excluding carboxylic acids is 1. The normalized spacial score (nSPS) is 18.5. The van der Waals surface area contributed by atoms with Gasteiger partial charge in [0, 0.05) is 6.08 Å². The smallest absolute Gasteiger partial charge is 0.264 e. The zero-order chi connectivity index (χ0) is 14.8. The minimum Gasteiger partial charge on any atom is -0.450 e. The molecule has 1 aromatic carbocycles. The first-order valence-electron chi connectivity index (χ1n) is 5.91. The van der Waals surface area contributed by atoms with E-state index in [0.717, 1.165) is 11.8 Å². The largest absolute Gasteiger partial charge is 0.450 e. The summed E-state index contributed by atoms with van der Waals surface area (Å²) in [6.07, 6.45) is 1.61. The van der Waals surface area contributed by atoms with E-state index in [0.29, 0.717) is 20.5 Å². The predicted octanol–water partition coefficient (Wildman–Crippen LogP) is 4.07. The molecule has 1 fully saturated rings. The van der Waals surface area contributed by atoms with E-state index in [2.05, 4.69) is 26.2 Å². The average molecular weight is 367 g/mol. The van der Waals surface area contributed by atoms with E-state index >= 15 is 0 Å². The Bertz CT molecular complexity index is 770. The van der Waals surface area contributed by atoms with Crippen LogP contribution in [-0.2, 0) is 4.79 Å². The van der Waals surface area contributed by atoms with Crippen LogP contribution in [0.15, 0.2) is 55.4 Å². The molecule has 1 aromatic heterocycles. The van der Waals surface area contributed by atoms with Crippen molar-refractivity contribution in [3.05, 3.63) is 57.6 Å². The van der Waals surface area contributed by atoms with Gasteiger partial charge in [0.15, 0.2) is 9.84 Å². The Balaban J connectivity index is 1.85. The highest BCUT2D eigenvalue weighted by atomic mass is 79.9. The predicted molar refractivity (Wildman–Crippen MR) is 83.6 cm³/mol. The number of hydrogen-bond acceptors (Lipinski definition) is 4. The number of para-hydroxylation sites is 1. The number of halogens is 2. The second-order valence-electron chi connectivity index (χ2n) is 4.08. The molecule has 0 unspecified atom stereocenters. The molecule has 0 saturated carbocycles. The summed E-state index contributed by atoms with van der Waals surface area (Å²) in [4.78, 5) is 16.4. The summed E-state index contributed by atoms with van der Waals surface area (Å²) in [5.74, 6) is -0.179. The van der Waals surface area contributed by atoms with Gasteiger partial charge < -0.3 is 9.73 Å². The topological polar surface area (TPSA) is 54.6 Å². The molecule has 2 aromatic rings. The van der Waals surface area contributed by atoms with E-state index in [9.17, 15) is 9.18 Å². The molecule has 1 aliphatic rings. The highest BCUT2D eigenvalue weighted by Crippen LogP contribution is 2.29. The molecule has 1 saturated heterocycles. The fraction of sp³-hybridized carbons (Fsp3) is 0. The zero-order valence-electron chi connectivity index (χ0n) is 10.5. The third-order valence-electron chi connectivity index (χ3n) is 2.59. The van der Waals surface area contributed by atoms with Crippen molar-refractivity contribution in [2.45, 2.75) is 0 Å². The van der Waals surface area contributed by atoms with Gasteiger partial charge in [-0.3, -0.25) is 4.79 Å². The van der Waals surface area contributed by atoms with Crippen LogP contribution in [0.1, 0.15) is 5.76 Å². The second kappa shape index (κ2) is 5.87. The van der Waals surface area contributed by atoms with Crippen LogP contribution < -0.4 is 5.32 Å². The number of amides is 1. The summed E-state index contributed by atoms with van der Waals surface area (Å²) in [6, 6.07) is 9.59. The molecule has 0 radical (unpaired) electrons. The van der Waals surface area contributed by atoms with Crippen LogP contribution in [-0.4, -0.2) is 11.1 Å². The third kappa shape index (κ3) is 3.25. The van der Waals surface area contributed by atoms with Gasteiger partial charge in [-0.1, -0.05) is 12.1 Å². The van der Waals surface area contributed by atoms with Crippen molar-refractivity contribution in [2.75, 3.05) is 0 Å². The number of thioether (sulfide) groups is 1. The lowest BCUT2D eigenvalue weighted by Crippen LogP contribution is -2.19. The molecular weight excluding hydrogens is 359 g/mol. The number of aliphatic imine (C=N–C) groups is 1. The number of rotatable bonds is 2. The van der Waals surface area contributed by atoms with Crippen LogP contribution in [0.2, 0.25) is 0 Å². The van der Waals surface area contributed by atoms with Gasteiger partial charge in [-0.15, -0.1) is 0 Å². The zero-order valence-corrected chi connectivity index (χ0v) is 12.9. The fourth-order valence-corrected chi connectivity index (χ4v) is 2.80. The number of carbonyl (C=O) groups is 1. The summed E-state index contributed by atoms with van der Waals surface area (Å²) < 4.78 is 19.4. The van der Waals surface area contributed by atoms with E-state index in [1.54, 1.807) is 36.4 Å². The number of furan rings is 1. The standard InChI is InChI=1S/C14H8BrFN2O2S/c15-12-6-5-8(20-12)7-11-13(19)18-14(21-11)17-10-4-2-1-3-9(10)16/h1-7H,(H,17,18,19). The van der Waals surface area contributed by atoms with E-state index in [-0.39, 0.29) is 11.6 Å². The molecule has 0 aliphatic carbocycles. The molecule has 21 heavy (non-hydrogen) atoms. The molecule has 1 aliphatic heterocycles. The maximum Gasteiger partial charge on any atom is 0.264 e. The Hall–Kier alpha value is -1.86. The van der Waals surface area contributed by atoms with Gasteiger partial charge in [0.25, 0.3) is 5.91 Å². The molecule has 0 bridgehead atoms. The minimum absolute atomic E-state index is 0.183. The molecule has 3 rings (SSSR count). The van der Waals surface area contributed by atoms with E-state index in [1.807, 2.05) is 0 Å². The first-order valence-corrected chi connectivity index (χ1v) is 7.52. The van der Waals surface area contributed by atoms with Gasteiger partial charge in [0.2, 0.25) is 0 Å². The molecule has 4 nitrogen and oxygen atoms in total. The summed E-state index contributed by atoms with van der Waals surface area (Å²) in [5, 5.41) is 2.93. The summed E-state index contributed by atoms with van der Waals surface area (Å²) in [7, 11) is 0. The van der Waals surface area contributed by atoms with E-state index in [1.165, 1.54) is 6.07 Å². The second-order valence-corrected chi connectivity index (χ2v) is 5.89. The summed E-state index contributed by atoms with van der Waals surface area (Å²) in [6.45, 7) is 0. The van der Waals surface area contributed by atoms with Crippen LogP contribution in [0.3, 0.4) is 0 Å². The van der Waals surface area contributed by atoms with Crippen molar-refractivity contribution in [1.29, 1.82) is 0 Å². The molecule has 0 spiro atoms. The van der Waals surface area contributed by atoms with Gasteiger partial charge in [-0.05, 0) is 52.0 Å². The SMILES string of the molecule is O=C1NC(=Nc2ccccc2F)SC1=Cc1ccc(Br)o1. The van der Waals surface area contributed by atoms with Crippen molar-refractivity contribution in [3.8, 4) is 0 Å². The average Bonchev–Trinajstić information content (AvgIpc) is 3.00. The maximum atomic E-state index is 13.5. The number of amidine groups is 1. The first kappa shape index (κ1) is 14.1. The first-order chi connectivity index (χ1) is 10.1. The summed E-state index contributed by atoms with van der Waals surface area (Å²) >= 11 is 4.33. The quantitative estimate of drug-likeness (QED) is 0.814. The van der Waals surface area contributed by atoms with Gasteiger partial charge in [-0.2, -0.15) is 0 Å². The van der Waals surface area contributed by atoms with Crippen LogP contribution >= 0.6 is 27.7 Å². The molecular formula is C14H8BrFN2O2S. The number of nitrogens with zero attached hydrogens (tertiary/aromatic N) is 1. The van der Waals surface area contributed by atoms with Crippen LogP contribution in [0, 0.1) is 5.82 Å². The van der Waals surface area contributed by atoms with Crippen molar-refractivity contribution >= 4 is 50.5 Å². The molecule has 1 amide bonds. The fourth-order valence-electron chi connectivity index (χ4n) is 1.67. The lowest BCUT2D eigenvalue weighted by Gasteiger charge is -1.97. The van der Waals surface area contributed by atoms with Gasteiger partial charge >= 0.3 is 0 Å². The number of hydrogen-bond donors (Lipinski definition) is 1. The third-order valence-corrected chi connectivity index (χ3v) is 3.93. The van der Waals surface area contributed by atoms with Gasteiger partial charge in [0.05, 0.1) is 4.91 Å². The van der Waals surface area contributed by atoms with Gasteiger partial charge in [-0.25, -0.2) is 9.38 Å². The van der Waals surface area contributed by atoms with Crippen LogP contribution in [0.5, 0.6) is 0 Å². The molecule has 7 heteroatoms. The molecule has 1 N–H and O–H groups in total. The molecule has 106 valence electrons. The minimum atomic E-state index is -0.438. The highest BCUT2D eigenvalue weighted by Gasteiger charge is 2.24. The monoisotopic (exact) mass is 366 g/mol. The van der Waals surface area contributed by atoms with Crippen molar-refractivity contribution in [1.82, 2.24) is 5.32 Å². The Morgan fingerprint density at radius 3 is 2.81 bits per heavy atom. The Labute approximate surface area is 132 Å². The maximum absolute atomic E-state index is 13.5. The van der Waals surface area contributed by atoms with E-state index < -0.39 is 5.82 Å². The van der Waals surface area contributed by atoms with Crippen molar-refractivity contribution in [3.63, 3.8) is 0 Å². The van der Waals surface area contributed by atoms with Gasteiger partial charge in [0.1, 0.15) is 17.3 Å². The Kier molecular flexibility index (Phi) is 3.94. The van der Waals surface area contributed by atoms with Crippen LogP contribution in [0.25, 0.3) is 6.08 Å². The lowest BCUT2D eigenvalue weighted by molar-refractivity contribution is -0.115. The van der Waals surface area contributed by atoms with E-state index in [4.69, 9.17) is 4.42 Å². The van der Waals surface area contributed by atoms with Crippen molar-refractivity contribution < 1.29 is 13.6 Å². The number of benzene rings is 1. The van der Waals surface area contributed by atoms with Crippen LogP contribution in [0.4, 0.5) is 10.1 Å². The lowest BCUT2D eigenvalue weighted by atomic mass is 10.3. The Morgan fingerprint density at radius 1 is 1.29 bits per heavy atom. The van der Waals surface area contributed by atoms with Crippen molar-refractivity contribution in [2.24, 2.45) is 4.99 Å². The molecule has 0 atom stereocenters. The number of nitrogens with one attached hydrogen (secondary N) is 1. The Morgan fingerprint density at radius 2 is 2.10 bits per heavy atom. The summed E-state index contributed by atoms with van der Waals surface area (Å²) in [5.41, 5.74) is 0.183. The highest BCUT2D eigenvalue weighted by molar-refractivity contribution is 9.10.